The monoisotopic (exact) mass is 519 g/mol. The molecule has 11 nitrogen and oxygen atoms in total. The van der Waals surface area contributed by atoms with Crippen LogP contribution in [0.15, 0.2) is 52.3 Å². The molecular weight excluding hydrogens is 504 g/mol. The zero-order chi connectivity index (χ0) is 24.9. The van der Waals surface area contributed by atoms with Crippen LogP contribution in [0, 0.1) is 0 Å². The number of aromatic nitrogens is 4. The van der Waals surface area contributed by atoms with Crippen molar-refractivity contribution in [2.75, 3.05) is 11.5 Å². The summed E-state index contributed by atoms with van der Waals surface area (Å²) in [5.74, 6) is -7.43. The number of β-lactam (4-membered cyclic amide) rings is 1. The Hall–Kier alpha value is -3.72. The number of amides is 2. The van der Waals surface area contributed by atoms with E-state index < -0.39 is 40.7 Å². The number of rotatable bonds is 6. The number of hydrogen-bond donors (Lipinski definition) is 4. The Bertz CT molecular complexity index is 1400. The summed E-state index contributed by atoms with van der Waals surface area (Å²) in [7, 11) is 0. The number of carboxylic acid groups (broad SMARTS) is 1. The summed E-state index contributed by atoms with van der Waals surface area (Å²) in [6.45, 7) is 0. The number of carboxylic acids is 1. The maximum atomic E-state index is 14.6. The second-order valence-electron chi connectivity index (χ2n) is 7.50. The van der Waals surface area contributed by atoms with E-state index in [4.69, 9.17) is 5.73 Å². The van der Waals surface area contributed by atoms with Gasteiger partial charge in [0.25, 0.3) is 11.8 Å². The SMILES string of the molecule is Nc1nc(SC2=C(C(=O)O)N3C(=O)C(NC(=O)C(F)(F)c4ccccc4)[C@H]3SC2)nc2[nH]ncc12. The number of hydrogen-bond acceptors (Lipinski definition) is 9. The lowest BCUT2D eigenvalue weighted by Crippen LogP contribution is -2.71. The molecule has 2 atom stereocenters. The fourth-order valence-electron chi connectivity index (χ4n) is 3.67. The molecule has 4 heterocycles. The highest BCUT2D eigenvalue weighted by Gasteiger charge is 2.56. The van der Waals surface area contributed by atoms with Gasteiger partial charge in [0.1, 0.15) is 22.9 Å². The fourth-order valence-corrected chi connectivity index (χ4v) is 6.09. The summed E-state index contributed by atoms with van der Waals surface area (Å²) in [5.41, 5.74) is 5.42. The predicted octanol–water partition coefficient (Wildman–Crippen LogP) is 1.52. The first-order chi connectivity index (χ1) is 16.7. The van der Waals surface area contributed by atoms with E-state index in [0.717, 1.165) is 40.6 Å². The Morgan fingerprint density at radius 2 is 2.03 bits per heavy atom. The molecule has 0 aliphatic carbocycles. The lowest BCUT2D eigenvalue weighted by molar-refractivity contribution is -0.157. The molecule has 5 N–H and O–H groups in total. The number of fused-ring (bicyclic) bond motifs is 2. The van der Waals surface area contributed by atoms with Gasteiger partial charge in [-0.15, -0.1) is 11.8 Å². The van der Waals surface area contributed by atoms with E-state index in [0.29, 0.717) is 11.0 Å². The van der Waals surface area contributed by atoms with Crippen LogP contribution in [0.1, 0.15) is 5.56 Å². The number of alkyl halides is 2. The average Bonchev–Trinajstić information content (AvgIpc) is 3.31. The van der Waals surface area contributed by atoms with Crippen LogP contribution in [0.25, 0.3) is 11.0 Å². The van der Waals surface area contributed by atoms with Gasteiger partial charge in [0.15, 0.2) is 10.8 Å². The molecule has 2 aliphatic rings. The zero-order valence-corrected chi connectivity index (χ0v) is 19.1. The number of benzene rings is 1. The normalized spacial score (nSPS) is 19.9. The van der Waals surface area contributed by atoms with Crippen LogP contribution in [-0.4, -0.2) is 65.1 Å². The molecule has 3 aromatic rings. The van der Waals surface area contributed by atoms with Crippen LogP contribution in [0.3, 0.4) is 0 Å². The number of anilines is 1. The molecule has 5 rings (SSSR count). The topological polar surface area (TPSA) is 167 Å². The molecule has 1 fully saturated rings. The summed E-state index contributed by atoms with van der Waals surface area (Å²) in [5, 5.41) is 18.2. The number of aliphatic carboxylic acids is 1. The molecule has 0 radical (unpaired) electrons. The number of carbonyl (C=O) groups excluding carboxylic acids is 2. The van der Waals surface area contributed by atoms with Crippen LogP contribution in [-0.2, 0) is 20.3 Å². The van der Waals surface area contributed by atoms with Crippen LogP contribution in [0.2, 0.25) is 0 Å². The van der Waals surface area contributed by atoms with Crippen molar-refractivity contribution in [3.63, 3.8) is 0 Å². The third-order valence-electron chi connectivity index (χ3n) is 5.38. The Kier molecular flexibility index (Phi) is 5.59. The highest BCUT2D eigenvalue weighted by atomic mass is 32.2. The molecule has 2 aliphatic heterocycles. The van der Waals surface area contributed by atoms with Crippen LogP contribution in [0.5, 0.6) is 0 Å². The number of H-pyrrole nitrogens is 1. The molecule has 1 aromatic carbocycles. The Labute approximate surface area is 203 Å². The predicted molar refractivity (Wildman–Crippen MR) is 122 cm³/mol. The van der Waals surface area contributed by atoms with Crippen molar-refractivity contribution in [2.24, 2.45) is 0 Å². The van der Waals surface area contributed by atoms with Crippen LogP contribution >= 0.6 is 23.5 Å². The van der Waals surface area contributed by atoms with E-state index in [1.54, 1.807) is 0 Å². The molecule has 15 heteroatoms. The lowest BCUT2D eigenvalue weighted by atomic mass is 10.0. The number of carbonyl (C=O) groups is 3. The minimum absolute atomic E-state index is 0.118. The number of nitrogens with one attached hydrogen (secondary N) is 2. The number of aromatic amines is 1. The molecule has 1 unspecified atom stereocenters. The number of nitrogen functional groups attached to an aromatic ring is 1. The average molecular weight is 520 g/mol. The zero-order valence-electron chi connectivity index (χ0n) is 17.4. The van der Waals surface area contributed by atoms with Crippen molar-refractivity contribution in [1.29, 1.82) is 0 Å². The maximum absolute atomic E-state index is 14.6. The van der Waals surface area contributed by atoms with Crippen molar-refractivity contribution in [2.45, 2.75) is 22.5 Å². The van der Waals surface area contributed by atoms with Gasteiger partial charge in [-0.3, -0.25) is 19.6 Å². The van der Waals surface area contributed by atoms with E-state index in [-0.39, 0.29) is 27.3 Å². The second kappa shape index (κ2) is 8.49. The number of halogens is 2. The fraction of sp³-hybridized carbons (Fsp3) is 0.200. The molecule has 0 bridgehead atoms. The summed E-state index contributed by atoms with van der Waals surface area (Å²) in [6, 6.07) is 5.19. The number of nitrogens with two attached hydrogens (primary N) is 1. The van der Waals surface area contributed by atoms with E-state index in [1.165, 1.54) is 24.4 Å². The van der Waals surface area contributed by atoms with E-state index in [9.17, 15) is 28.3 Å². The molecule has 2 aromatic heterocycles. The van der Waals surface area contributed by atoms with Crippen LogP contribution < -0.4 is 11.1 Å². The van der Waals surface area contributed by atoms with Gasteiger partial charge in [0.05, 0.1) is 11.6 Å². The van der Waals surface area contributed by atoms with E-state index in [1.807, 2.05) is 0 Å². The van der Waals surface area contributed by atoms with Crippen molar-refractivity contribution in [1.82, 2.24) is 30.4 Å². The van der Waals surface area contributed by atoms with Gasteiger partial charge in [0, 0.05) is 16.2 Å². The molecule has 35 heavy (non-hydrogen) atoms. The van der Waals surface area contributed by atoms with Gasteiger partial charge >= 0.3 is 11.9 Å². The molecule has 2 amide bonds. The third-order valence-corrected chi connectivity index (χ3v) is 7.79. The van der Waals surface area contributed by atoms with Crippen molar-refractivity contribution in [3.05, 3.63) is 52.7 Å². The van der Waals surface area contributed by atoms with Gasteiger partial charge in [-0.05, 0) is 0 Å². The Balaban J connectivity index is 1.37. The second-order valence-corrected chi connectivity index (χ2v) is 9.67. The van der Waals surface area contributed by atoms with Crippen molar-refractivity contribution < 1.29 is 28.3 Å². The van der Waals surface area contributed by atoms with Crippen molar-refractivity contribution in [3.8, 4) is 0 Å². The highest BCUT2D eigenvalue weighted by Crippen LogP contribution is 2.45. The maximum Gasteiger partial charge on any atom is 0.353 e. The molecule has 0 saturated carbocycles. The summed E-state index contributed by atoms with van der Waals surface area (Å²) < 4.78 is 29.1. The van der Waals surface area contributed by atoms with Crippen molar-refractivity contribution >= 4 is 58.2 Å². The van der Waals surface area contributed by atoms with E-state index in [2.05, 4.69) is 25.5 Å². The molecular formula is C20H15F2N7O4S2. The van der Waals surface area contributed by atoms with E-state index >= 15 is 0 Å². The van der Waals surface area contributed by atoms with Gasteiger partial charge in [0.2, 0.25) is 0 Å². The first-order valence-corrected chi connectivity index (χ1v) is 11.8. The highest BCUT2D eigenvalue weighted by molar-refractivity contribution is 8.06. The van der Waals surface area contributed by atoms with Crippen LogP contribution in [0.4, 0.5) is 14.6 Å². The van der Waals surface area contributed by atoms with Gasteiger partial charge < -0.3 is 16.2 Å². The summed E-state index contributed by atoms with van der Waals surface area (Å²) in [4.78, 5) is 46.8. The van der Waals surface area contributed by atoms with Gasteiger partial charge in [-0.2, -0.15) is 13.9 Å². The first kappa shape index (κ1) is 23.0. The third kappa shape index (κ3) is 3.85. The molecule has 180 valence electrons. The Morgan fingerprint density at radius 3 is 2.74 bits per heavy atom. The number of nitrogens with zero attached hydrogens (tertiary/aromatic N) is 4. The molecule has 0 spiro atoms. The van der Waals surface area contributed by atoms with Gasteiger partial charge in [-0.1, -0.05) is 42.1 Å². The lowest BCUT2D eigenvalue weighted by Gasteiger charge is -2.49. The molecule has 1 saturated heterocycles. The summed E-state index contributed by atoms with van der Waals surface area (Å²) >= 11 is 2.05. The standard InChI is InChI=1S/C20H15F2N7O4S2/c21-20(22,8-4-2-1-3-5-8)18(33)25-11-15(30)29-12(17(31)32)10(7-34-16(11)29)35-19-26-13(23)9-6-24-28-14(9)27-19/h1-6,11,16H,7H2,(H,25,33)(H,31,32)(H3,23,24,26,27,28)/t11?,16-/m1/s1. The largest absolute Gasteiger partial charge is 0.477 e. The minimum Gasteiger partial charge on any atom is -0.477 e. The first-order valence-electron chi connectivity index (χ1n) is 9.98. The number of thioether (sulfide) groups is 2. The quantitative estimate of drug-likeness (QED) is 0.277. The van der Waals surface area contributed by atoms with Gasteiger partial charge in [-0.25, -0.2) is 14.8 Å². The minimum atomic E-state index is -3.86. The Morgan fingerprint density at radius 1 is 1.29 bits per heavy atom. The smallest absolute Gasteiger partial charge is 0.353 e. The summed E-state index contributed by atoms with van der Waals surface area (Å²) in [6.07, 6.45) is 1.45.